The summed E-state index contributed by atoms with van der Waals surface area (Å²) in [5.41, 5.74) is -0.497. The van der Waals surface area contributed by atoms with Crippen LogP contribution in [0.15, 0.2) is 18.2 Å². The molecule has 0 aliphatic carbocycles. The van der Waals surface area contributed by atoms with Crippen molar-refractivity contribution >= 4 is 33.3 Å². The monoisotopic (exact) mass is 328 g/mol. The second-order valence-electron chi connectivity index (χ2n) is 3.41. The third kappa shape index (κ3) is 4.00. The predicted octanol–water partition coefficient (Wildman–Crippen LogP) is 4.41. The molecule has 0 bridgehead atoms. The molecule has 0 saturated carbocycles. The lowest BCUT2D eigenvalue weighted by atomic mass is 10.0. The zero-order chi connectivity index (χ0) is 13.1. The molecule has 1 aromatic carbocycles. The van der Waals surface area contributed by atoms with Crippen LogP contribution in [-0.4, -0.2) is 11.1 Å². The second-order valence-corrected chi connectivity index (χ2v) is 4.47. The van der Waals surface area contributed by atoms with Gasteiger partial charge in [-0.1, -0.05) is 15.9 Å². The highest BCUT2D eigenvalue weighted by Crippen LogP contribution is 2.31. The molecule has 0 N–H and O–H groups in total. The first-order chi connectivity index (χ1) is 7.88. The van der Waals surface area contributed by atoms with E-state index in [1.54, 1.807) is 0 Å². The van der Waals surface area contributed by atoms with Gasteiger partial charge in [-0.15, -0.1) is 11.6 Å². The Morgan fingerprint density at radius 3 is 2.41 bits per heavy atom. The number of ketones is 1. The maximum Gasteiger partial charge on any atom is 0.416 e. The molecule has 0 atom stereocenters. The summed E-state index contributed by atoms with van der Waals surface area (Å²) in [7, 11) is 0. The summed E-state index contributed by atoms with van der Waals surface area (Å²) in [4.78, 5) is 11.6. The van der Waals surface area contributed by atoms with E-state index in [0.717, 1.165) is 12.1 Å². The van der Waals surface area contributed by atoms with E-state index in [4.69, 9.17) is 11.6 Å². The molecule has 0 unspecified atom stereocenters. The van der Waals surface area contributed by atoms with E-state index in [0.29, 0.717) is 10.9 Å². The number of rotatable bonds is 4. The quantitative estimate of drug-likeness (QED) is 0.590. The lowest BCUT2D eigenvalue weighted by Crippen LogP contribution is -2.09. The first kappa shape index (κ1) is 14.5. The SMILES string of the molecule is O=C(CCBr)c1cc(CCl)cc(C(F)(F)F)c1. The van der Waals surface area contributed by atoms with Gasteiger partial charge in [-0.25, -0.2) is 0 Å². The van der Waals surface area contributed by atoms with E-state index >= 15 is 0 Å². The van der Waals surface area contributed by atoms with Gasteiger partial charge in [0.25, 0.3) is 0 Å². The fraction of sp³-hybridized carbons (Fsp3) is 0.364. The van der Waals surface area contributed by atoms with Crippen LogP contribution in [0.25, 0.3) is 0 Å². The maximum absolute atomic E-state index is 12.6. The molecule has 94 valence electrons. The molecule has 1 aromatic rings. The fourth-order valence-electron chi connectivity index (χ4n) is 1.32. The zero-order valence-corrected chi connectivity index (χ0v) is 11.0. The summed E-state index contributed by atoms with van der Waals surface area (Å²) in [5, 5.41) is 0.415. The fourth-order valence-corrected chi connectivity index (χ4v) is 1.84. The average molecular weight is 330 g/mol. The van der Waals surface area contributed by atoms with Crippen LogP contribution in [0.1, 0.15) is 27.9 Å². The normalized spacial score (nSPS) is 11.6. The van der Waals surface area contributed by atoms with Gasteiger partial charge in [-0.05, 0) is 23.8 Å². The second kappa shape index (κ2) is 5.87. The highest BCUT2D eigenvalue weighted by molar-refractivity contribution is 9.09. The van der Waals surface area contributed by atoms with E-state index in [9.17, 15) is 18.0 Å². The van der Waals surface area contributed by atoms with Crippen molar-refractivity contribution in [3.05, 3.63) is 34.9 Å². The minimum Gasteiger partial charge on any atom is -0.294 e. The standard InChI is InChI=1S/C11H9BrClF3O/c12-2-1-10(17)8-3-7(6-13)4-9(5-8)11(14,15)16/h3-5H,1-2,6H2. The average Bonchev–Trinajstić information content (AvgIpc) is 2.27. The molecular weight excluding hydrogens is 320 g/mol. The lowest BCUT2D eigenvalue weighted by molar-refractivity contribution is -0.137. The van der Waals surface area contributed by atoms with Crippen LogP contribution in [0.3, 0.4) is 0 Å². The van der Waals surface area contributed by atoms with Crippen LogP contribution >= 0.6 is 27.5 Å². The van der Waals surface area contributed by atoms with E-state index in [1.807, 2.05) is 0 Å². The predicted molar refractivity (Wildman–Crippen MR) is 63.7 cm³/mol. The summed E-state index contributed by atoms with van der Waals surface area (Å²) in [5.74, 6) is -0.391. The van der Waals surface area contributed by atoms with Crippen LogP contribution < -0.4 is 0 Å². The molecule has 0 aromatic heterocycles. The van der Waals surface area contributed by atoms with Crippen molar-refractivity contribution in [2.24, 2.45) is 0 Å². The zero-order valence-electron chi connectivity index (χ0n) is 8.65. The van der Waals surface area contributed by atoms with Gasteiger partial charge in [0.2, 0.25) is 0 Å². The lowest BCUT2D eigenvalue weighted by Gasteiger charge is -2.10. The largest absolute Gasteiger partial charge is 0.416 e. The van der Waals surface area contributed by atoms with Crippen molar-refractivity contribution in [1.29, 1.82) is 0 Å². The van der Waals surface area contributed by atoms with Gasteiger partial charge in [0.1, 0.15) is 0 Å². The van der Waals surface area contributed by atoms with Crippen LogP contribution in [0.2, 0.25) is 0 Å². The number of Topliss-reactive ketones (excluding diaryl/α,β-unsaturated/α-hetero) is 1. The van der Waals surface area contributed by atoms with Crippen molar-refractivity contribution in [2.75, 3.05) is 5.33 Å². The van der Waals surface area contributed by atoms with Gasteiger partial charge in [-0.3, -0.25) is 4.79 Å². The third-order valence-corrected chi connectivity index (χ3v) is 2.82. The molecule has 0 spiro atoms. The molecule has 0 heterocycles. The van der Waals surface area contributed by atoms with Gasteiger partial charge in [-0.2, -0.15) is 13.2 Å². The van der Waals surface area contributed by atoms with E-state index in [1.165, 1.54) is 6.07 Å². The highest BCUT2D eigenvalue weighted by atomic mass is 79.9. The molecule has 0 fully saturated rings. The van der Waals surface area contributed by atoms with E-state index < -0.39 is 11.7 Å². The van der Waals surface area contributed by atoms with Crippen molar-refractivity contribution < 1.29 is 18.0 Å². The topological polar surface area (TPSA) is 17.1 Å². The maximum atomic E-state index is 12.6. The molecule has 0 amide bonds. The molecule has 0 aliphatic rings. The Bertz CT molecular complexity index is 418. The molecular formula is C11H9BrClF3O. The van der Waals surface area contributed by atoms with E-state index in [-0.39, 0.29) is 23.6 Å². The number of benzene rings is 1. The van der Waals surface area contributed by atoms with Gasteiger partial charge >= 0.3 is 6.18 Å². The van der Waals surface area contributed by atoms with E-state index in [2.05, 4.69) is 15.9 Å². The summed E-state index contributed by atoms with van der Waals surface area (Å²) in [6, 6.07) is 3.21. The molecule has 0 aliphatic heterocycles. The Balaban J connectivity index is 3.19. The molecule has 1 rings (SSSR count). The summed E-state index contributed by atoms with van der Waals surface area (Å²) >= 11 is 8.59. The molecule has 1 nitrogen and oxygen atoms in total. The van der Waals surface area contributed by atoms with Gasteiger partial charge in [0.15, 0.2) is 5.78 Å². The Hall–Kier alpha value is -0.550. The van der Waals surface area contributed by atoms with Crippen LogP contribution in [-0.2, 0) is 12.1 Å². The summed E-state index contributed by atoms with van der Waals surface area (Å²) < 4.78 is 37.7. The Kier molecular flexibility index (Phi) is 5.01. The molecule has 0 radical (unpaired) electrons. The van der Waals surface area contributed by atoms with Crippen molar-refractivity contribution in [1.82, 2.24) is 0 Å². The number of carbonyl (C=O) groups excluding carboxylic acids is 1. The molecule has 17 heavy (non-hydrogen) atoms. The molecule has 6 heteroatoms. The van der Waals surface area contributed by atoms with Crippen molar-refractivity contribution in [3.63, 3.8) is 0 Å². The van der Waals surface area contributed by atoms with Gasteiger partial charge in [0, 0.05) is 23.2 Å². The van der Waals surface area contributed by atoms with Crippen molar-refractivity contribution in [3.8, 4) is 0 Å². The number of carbonyl (C=O) groups is 1. The molecule has 0 saturated heterocycles. The van der Waals surface area contributed by atoms with Crippen LogP contribution in [0.5, 0.6) is 0 Å². The number of hydrogen-bond acceptors (Lipinski definition) is 1. The van der Waals surface area contributed by atoms with Gasteiger partial charge in [0.05, 0.1) is 5.56 Å². The number of halogens is 5. The van der Waals surface area contributed by atoms with Crippen molar-refractivity contribution in [2.45, 2.75) is 18.5 Å². The third-order valence-electron chi connectivity index (χ3n) is 2.12. The minimum atomic E-state index is -4.47. The Morgan fingerprint density at radius 2 is 1.94 bits per heavy atom. The first-order valence-electron chi connectivity index (χ1n) is 4.74. The Labute approximate surface area is 110 Å². The highest BCUT2D eigenvalue weighted by Gasteiger charge is 2.31. The summed E-state index contributed by atoms with van der Waals surface area (Å²) in [6.45, 7) is 0. The number of hydrogen-bond donors (Lipinski definition) is 0. The number of alkyl halides is 5. The summed E-state index contributed by atoms with van der Waals surface area (Å²) in [6.07, 6.45) is -4.31. The first-order valence-corrected chi connectivity index (χ1v) is 6.40. The van der Waals surface area contributed by atoms with Gasteiger partial charge < -0.3 is 0 Å². The van der Waals surface area contributed by atoms with Crippen LogP contribution in [0, 0.1) is 0 Å². The smallest absolute Gasteiger partial charge is 0.294 e. The van der Waals surface area contributed by atoms with Crippen LogP contribution in [0.4, 0.5) is 13.2 Å². The minimum absolute atomic E-state index is 0.0509. The Morgan fingerprint density at radius 1 is 1.29 bits per heavy atom.